The molecular weight excluding hydrogens is 292 g/mol. The molecule has 2 amide bonds. The fourth-order valence-electron chi connectivity index (χ4n) is 3.06. The van der Waals surface area contributed by atoms with Gasteiger partial charge in [0, 0.05) is 53.1 Å². The van der Waals surface area contributed by atoms with Crippen LogP contribution in [0.1, 0.15) is 12.5 Å². The van der Waals surface area contributed by atoms with Gasteiger partial charge in [0.15, 0.2) is 0 Å². The van der Waals surface area contributed by atoms with Crippen molar-refractivity contribution in [2.45, 2.75) is 25.6 Å². The van der Waals surface area contributed by atoms with E-state index in [-0.39, 0.29) is 18.2 Å². The third-order valence-electron chi connectivity index (χ3n) is 4.17. The van der Waals surface area contributed by atoms with Crippen LogP contribution >= 0.6 is 0 Å². The summed E-state index contributed by atoms with van der Waals surface area (Å²) in [5, 5.41) is 5.78. The van der Waals surface area contributed by atoms with Crippen molar-refractivity contribution in [2.24, 2.45) is 0 Å². The number of methoxy groups -OCH3 is 1. The Hall–Kier alpha value is -1.79. The van der Waals surface area contributed by atoms with E-state index in [1.54, 1.807) is 7.11 Å². The van der Waals surface area contributed by atoms with E-state index in [9.17, 15) is 4.79 Å². The van der Waals surface area contributed by atoms with Crippen molar-refractivity contribution in [1.82, 2.24) is 15.5 Å². The van der Waals surface area contributed by atoms with Crippen LogP contribution in [0.15, 0.2) is 24.3 Å². The lowest BCUT2D eigenvalue weighted by atomic mass is 10.1. The van der Waals surface area contributed by atoms with Crippen LogP contribution < -0.4 is 15.5 Å². The van der Waals surface area contributed by atoms with E-state index >= 15 is 0 Å². The van der Waals surface area contributed by atoms with Crippen LogP contribution in [0.5, 0.6) is 0 Å². The maximum absolute atomic E-state index is 11.8. The molecule has 1 fully saturated rings. The van der Waals surface area contributed by atoms with Crippen LogP contribution in [-0.4, -0.2) is 63.9 Å². The predicted octanol–water partition coefficient (Wildman–Crippen LogP) is 1.27. The molecule has 1 aromatic carbocycles. The Labute approximate surface area is 138 Å². The third-order valence-corrected chi connectivity index (χ3v) is 4.17. The molecule has 2 rings (SSSR count). The fourth-order valence-corrected chi connectivity index (χ4v) is 3.06. The topological polar surface area (TPSA) is 56.8 Å². The van der Waals surface area contributed by atoms with Gasteiger partial charge in [-0.2, -0.15) is 0 Å². The first-order chi connectivity index (χ1) is 11.0. The Morgan fingerprint density at radius 2 is 2.09 bits per heavy atom. The van der Waals surface area contributed by atoms with Gasteiger partial charge in [-0.3, -0.25) is 4.90 Å². The number of anilines is 1. The number of amides is 2. The van der Waals surface area contributed by atoms with Gasteiger partial charge in [0.1, 0.15) is 0 Å². The van der Waals surface area contributed by atoms with E-state index in [0.29, 0.717) is 6.54 Å². The minimum Gasteiger partial charge on any atom is -0.378 e. The van der Waals surface area contributed by atoms with Gasteiger partial charge in [-0.15, -0.1) is 0 Å². The molecule has 0 spiro atoms. The van der Waals surface area contributed by atoms with Crippen molar-refractivity contribution in [3.05, 3.63) is 29.8 Å². The van der Waals surface area contributed by atoms with E-state index in [4.69, 9.17) is 4.74 Å². The summed E-state index contributed by atoms with van der Waals surface area (Å²) in [6, 6.07) is 8.29. The number of ether oxygens (including phenoxy) is 1. The number of urea groups is 1. The van der Waals surface area contributed by atoms with Crippen LogP contribution in [0.4, 0.5) is 10.5 Å². The van der Waals surface area contributed by atoms with Crippen molar-refractivity contribution in [2.75, 3.05) is 45.7 Å². The molecule has 1 unspecified atom stereocenters. The molecule has 6 heteroatoms. The monoisotopic (exact) mass is 320 g/mol. The second kappa shape index (κ2) is 8.17. The van der Waals surface area contributed by atoms with Gasteiger partial charge in [0.05, 0.1) is 12.1 Å². The number of hydrogen-bond acceptors (Lipinski definition) is 4. The molecule has 1 aliphatic rings. The van der Waals surface area contributed by atoms with Gasteiger partial charge < -0.3 is 20.3 Å². The number of benzene rings is 1. The highest BCUT2D eigenvalue weighted by molar-refractivity contribution is 5.74. The van der Waals surface area contributed by atoms with E-state index in [0.717, 1.165) is 19.6 Å². The van der Waals surface area contributed by atoms with Gasteiger partial charge in [0.25, 0.3) is 0 Å². The van der Waals surface area contributed by atoms with Gasteiger partial charge >= 0.3 is 6.03 Å². The minimum atomic E-state index is -0.130. The number of carbonyl (C=O) groups is 1. The molecule has 1 aliphatic heterocycles. The molecular formula is C17H28N4O2. The zero-order chi connectivity index (χ0) is 16.8. The zero-order valence-electron chi connectivity index (χ0n) is 14.5. The highest BCUT2D eigenvalue weighted by atomic mass is 16.5. The largest absolute Gasteiger partial charge is 0.378 e. The number of para-hydroxylation sites is 1. The first-order valence-corrected chi connectivity index (χ1v) is 8.09. The van der Waals surface area contributed by atoms with Gasteiger partial charge in [-0.25, -0.2) is 4.79 Å². The summed E-state index contributed by atoms with van der Waals surface area (Å²) in [7, 11) is 5.81. The average Bonchev–Trinajstić information content (AvgIpc) is 2.89. The Morgan fingerprint density at radius 1 is 1.35 bits per heavy atom. The second-order valence-corrected chi connectivity index (χ2v) is 6.10. The normalized spacial score (nSPS) is 21.2. The standard InChI is InChI=1S/C17H28N4O2/c1-5-18-17(22)19-14-11-21(12-16(14)23-4)10-13-8-6-7-9-15(13)20(2)3/h6-9,14,16H,5,10-12H2,1-4H3,(H2,18,19,22)/t14?,16-/m0/s1. The molecule has 0 radical (unpaired) electrons. The molecule has 0 aliphatic carbocycles. The Bertz CT molecular complexity index is 521. The number of carbonyl (C=O) groups excluding carboxylic acids is 1. The third kappa shape index (κ3) is 4.59. The lowest BCUT2D eigenvalue weighted by Crippen LogP contribution is -2.47. The molecule has 1 saturated heterocycles. The minimum absolute atomic E-state index is 0.0121. The summed E-state index contributed by atoms with van der Waals surface area (Å²) in [6.45, 7) is 4.98. The van der Waals surface area contributed by atoms with E-state index in [1.165, 1.54) is 11.3 Å². The van der Waals surface area contributed by atoms with Crippen molar-refractivity contribution in [1.29, 1.82) is 0 Å². The number of nitrogens with one attached hydrogen (secondary N) is 2. The van der Waals surface area contributed by atoms with Crippen molar-refractivity contribution in [3.63, 3.8) is 0 Å². The Kier molecular flexibility index (Phi) is 6.24. The van der Waals surface area contributed by atoms with Gasteiger partial charge in [-0.1, -0.05) is 18.2 Å². The predicted molar refractivity (Wildman–Crippen MR) is 92.8 cm³/mol. The van der Waals surface area contributed by atoms with Crippen LogP contribution in [0.25, 0.3) is 0 Å². The van der Waals surface area contributed by atoms with Gasteiger partial charge in [0.2, 0.25) is 0 Å². The number of rotatable bonds is 6. The van der Waals surface area contributed by atoms with Crippen molar-refractivity contribution < 1.29 is 9.53 Å². The molecule has 0 aromatic heterocycles. The number of nitrogens with zero attached hydrogens (tertiary/aromatic N) is 2. The average molecular weight is 320 g/mol. The summed E-state index contributed by atoms with van der Waals surface area (Å²) in [5.41, 5.74) is 2.51. The molecule has 0 saturated carbocycles. The van der Waals surface area contributed by atoms with Crippen molar-refractivity contribution in [3.8, 4) is 0 Å². The summed E-state index contributed by atoms with van der Waals surface area (Å²) >= 11 is 0. The van der Waals surface area contributed by atoms with E-state index < -0.39 is 0 Å². The highest BCUT2D eigenvalue weighted by Gasteiger charge is 2.34. The van der Waals surface area contributed by atoms with Crippen LogP contribution in [0.3, 0.4) is 0 Å². The molecule has 2 atom stereocenters. The molecule has 128 valence electrons. The second-order valence-electron chi connectivity index (χ2n) is 6.10. The smallest absolute Gasteiger partial charge is 0.315 e. The lowest BCUT2D eigenvalue weighted by Gasteiger charge is -2.21. The van der Waals surface area contributed by atoms with Crippen LogP contribution in [0, 0.1) is 0 Å². The maximum Gasteiger partial charge on any atom is 0.315 e. The summed E-state index contributed by atoms with van der Waals surface area (Å²) in [5.74, 6) is 0. The Morgan fingerprint density at radius 3 is 2.74 bits per heavy atom. The maximum atomic E-state index is 11.8. The van der Waals surface area contributed by atoms with Crippen molar-refractivity contribution >= 4 is 11.7 Å². The summed E-state index contributed by atoms with van der Waals surface area (Å²) < 4.78 is 5.55. The molecule has 23 heavy (non-hydrogen) atoms. The molecule has 1 heterocycles. The summed E-state index contributed by atoms with van der Waals surface area (Å²) in [4.78, 5) is 16.2. The molecule has 1 aromatic rings. The first kappa shape index (κ1) is 17.6. The number of likely N-dealkylation sites (tertiary alicyclic amines) is 1. The molecule has 2 N–H and O–H groups in total. The highest BCUT2D eigenvalue weighted by Crippen LogP contribution is 2.22. The van der Waals surface area contributed by atoms with Crippen LogP contribution in [-0.2, 0) is 11.3 Å². The quantitative estimate of drug-likeness (QED) is 0.829. The van der Waals surface area contributed by atoms with Crippen LogP contribution in [0.2, 0.25) is 0 Å². The number of hydrogen-bond donors (Lipinski definition) is 2. The Balaban J connectivity index is 2.01. The van der Waals surface area contributed by atoms with E-state index in [1.807, 2.05) is 6.92 Å². The fraction of sp³-hybridized carbons (Fsp3) is 0.588. The first-order valence-electron chi connectivity index (χ1n) is 8.09. The molecule has 6 nitrogen and oxygen atoms in total. The lowest BCUT2D eigenvalue weighted by molar-refractivity contribution is 0.0911. The summed E-state index contributed by atoms with van der Waals surface area (Å²) in [6.07, 6.45) is 0.0177. The van der Waals surface area contributed by atoms with E-state index in [2.05, 4.69) is 58.8 Å². The molecule has 0 bridgehead atoms. The van der Waals surface area contributed by atoms with Gasteiger partial charge in [-0.05, 0) is 18.6 Å². The SMILES string of the molecule is CCNC(=O)NC1CN(Cc2ccccc2N(C)C)C[C@@H]1OC. The zero-order valence-corrected chi connectivity index (χ0v) is 14.5.